The molecule has 0 N–H and O–H groups in total. The number of hydrogen-bond acceptors (Lipinski definition) is 4. The van der Waals surface area contributed by atoms with Gasteiger partial charge in [-0.15, -0.1) is 0 Å². The predicted molar refractivity (Wildman–Crippen MR) is 81.4 cm³/mol. The molecule has 1 aliphatic carbocycles. The first-order valence-corrected chi connectivity index (χ1v) is 8.39. The van der Waals surface area contributed by atoms with E-state index in [0.29, 0.717) is 51.7 Å². The summed E-state index contributed by atoms with van der Waals surface area (Å²) in [6.07, 6.45) is 4.65. The molecule has 7 nitrogen and oxygen atoms in total. The first-order valence-electron chi connectivity index (χ1n) is 8.39. The van der Waals surface area contributed by atoms with Crippen molar-refractivity contribution in [2.75, 3.05) is 32.8 Å². The predicted octanol–water partition coefficient (Wildman–Crippen LogP) is 0.425. The van der Waals surface area contributed by atoms with Crippen molar-refractivity contribution in [1.82, 2.24) is 19.6 Å². The molecule has 3 aliphatic rings. The first-order chi connectivity index (χ1) is 11.2. The summed E-state index contributed by atoms with van der Waals surface area (Å²) in [7, 11) is 0. The highest BCUT2D eigenvalue weighted by Crippen LogP contribution is 2.34. The molecule has 1 saturated heterocycles. The lowest BCUT2D eigenvalue weighted by Crippen LogP contribution is -2.50. The highest BCUT2D eigenvalue weighted by atomic mass is 16.5. The second-order valence-electron chi connectivity index (χ2n) is 6.64. The van der Waals surface area contributed by atoms with Crippen LogP contribution in [0.1, 0.15) is 31.0 Å². The van der Waals surface area contributed by atoms with Crippen LogP contribution in [0.15, 0.2) is 12.3 Å². The van der Waals surface area contributed by atoms with Crippen molar-refractivity contribution in [3.8, 4) is 0 Å². The second-order valence-corrected chi connectivity index (χ2v) is 6.64. The summed E-state index contributed by atoms with van der Waals surface area (Å²) in [5.74, 6) is 0.768. The van der Waals surface area contributed by atoms with E-state index in [0.717, 1.165) is 18.5 Å². The van der Waals surface area contributed by atoms with Gasteiger partial charge in [0.1, 0.15) is 6.04 Å². The summed E-state index contributed by atoms with van der Waals surface area (Å²) in [6, 6.07) is 1.49. The van der Waals surface area contributed by atoms with Crippen LogP contribution < -0.4 is 0 Å². The lowest BCUT2D eigenvalue weighted by molar-refractivity contribution is -0.143. The van der Waals surface area contributed by atoms with Crippen LogP contribution in [0, 0.1) is 5.92 Å². The highest BCUT2D eigenvalue weighted by Gasteiger charge is 2.37. The molecule has 1 saturated carbocycles. The summed E-state index contributed by atoms with van der Waals surface area (Å²) in [5.41, 5.74) is 0.937. The fraction of sp³-hybridized carbons (Fsp3) is 0.688. The van der Waals surface area contributed by atoms with Crippen molar-refractivity contribution in [3.05, 3.63) is 18.0 Å². The third-order valence-corrected chi connectivity index (χ3v) is 4.91. The van der Waals surface area contributed by atoms with Crippen LogP contribution in [0.25, 0.3) is 0 Å². The van der Waals surface area contributed by atoms with Crippen molar-refractivity contribution in [3.63, 3.8) is 0 Å². The molecule has 2 amide bonds. The lowest BCUT2D eigenvalue weighted by Gasteiger charge is -2.37. The van der Waals surface area contributed by atoms with E-state index in [1.54, 1.807) is 10.9 Å². The van der Waals surface area contributed by atoms with Gasteiger partial charge in [-0.1, -0.05) is 0 Å². The normalized spacial score (nSPS) is 24.4. The van der Waals surface area contributed by atoms with Crippen molar-refractivity contribution in [2.24, 2.45) is 5.92 Å². The average molecular weight is 318 g/mol. The standard InChI is InChI=1S/C16H22N4O3/c21-15(9-12-1-2-12)19-10-13-3-4-17-20(13)14(11-19)16(22)18-5-7-23-8-6-18/h3-4,12,14H,1-2,5-11H2/t14-/m0/s1. The molecular formula is C16H22N4O3. The molecule has 4 rings (SSSR count). The Bertz CT molecular complexity index is 604. The Balaban J connectivity index is 1.52. The largest absolute Gasteiger partial charge is 0.378 e. The summed E-state index contributed by atoms with van der Waals surface area (Å²) >= 11 is 0. The lowest BCUT2D eigenvalue weighted by atomic mass is 10.1. The minimum absolute atomic E-state index is 0.0437. The monoisotopic (exact) mass is 318 g/mol. The zero-order valence-electron chi connectivity index (χ0n) is 13.2. The number of aromatic nitrogens is 2. The Morgan fingerprint density at radius 2 is 2.00 bits per heavy atom. The van der Waals surface area contributed by atoms with Gasteiger partial charge in [-0.3, -0.25) is 14.3 Å². The second kappa shape index (κ2) is 5.96. The van der Waals surface area contributed by atoms with Crippen LogP contribution in [0.2, 0.25) is 0 Å². The van der Waals surface area contributed by atoms with Crippen LogP contribution in [0.3, 0.4) is 0 Å². The maximum Gasteiger partial charge on any atom is 0.249 e. The van der Waals surface area contributed by atoms with Crippen LogP contribution >= 0.6 is 0 Å². The van der Waals surface area contributed by atoms with E-state index in [-0.39, 0.29) is 11.8 Å². The maximum absolute atomic E-state index is 12.9. The molecule has 1 atom stereocenters. The number of carbonyl (C=O) groups excluding carboxylic acids is 2. The fourth-order valence-electron chi connectivity index (χ4n) is 3.36. The van der Waals surface area contributed by atoms with Gasteiger partial charge in [0.15, 0.2) is 0 Å². The third-order valence-electron chi connectivity index (χ3n) is 4.91. The van der Waals surface area contributed by atoms with Gasteiger partial charge in [-0.2, -0.15) is 5.10 Å². The van der Waals surface area contributed by atoms with Gasteiger partial charge in [0, 0.05) is 25.7 Å². The minimum Gasteiger partial charge on any atom is -0.378 e. The Morgan fingerprint density at radius 3 is 2.74 bits per heavy atom. The van der Waals surface area contributed by atoms with E-state index < -0.39 is 6.04 Å². The zero-order valence-corrected chi connectivity index (χ0v) is 13.2. The van der Waals surface area contributed by atoms with E-state index in [2.05, 4.69) is 5.10 Å². The molecule has 2 fully saturated rings. The molecule has 0 unspecified atom stereocenters. The molecule has 7 heteroatoms. The smallest absolute Gasteiger partial charge is 0.249 e. The Morgan fingerprint density at radius 1 is 1.22 bits per heavy atom. The average Bonchev–Trinajstić information content (AvgIpc) is 3.27. The Hall–Kier alpha value is -1.89. The molecule has 0 spiro atoms. The number of morpholine rings is 1. The third kappa shape index (κ3) is 2.97. The summed E-state index contributed by atoms with van der Waals surface area (Å²) in [5, 5.41) is 4.32. The highest BCUT2D eigenvalue weighted by molar-refractivity contribution is 5.83. The van der Waals surface area contributed by atoms with Crippen molar-refractivity contribution >= 4 is 11.8 Å². The van der Waals surface area contributed by atoms with Crippen molar-refractivity contribution < 1.29 is 14.3 Å². The number of carbonyl (C=O) groups is 2. The number of amides is 2. The van der Waals surface area contributed by atoms with Crippen LogP contribution in [0.4, 0.5) is 0 Å². The number of hydrogen-bond donors (Lipinski definition) is 0. The molecular weight excluding hydrogens is 296 g/mol. The molecule has 0 bridgehead atoms. The molecule has 124 valence electrons. The van der Waals surface area contributed by atoms with Crippen molar-refractivity contribution in [2.45, 2.75) is 31.8 Å². The van der Waals surface area contributed by atoms with E-state index in [4.69, 9.17) is 4.74 Å². The molecule has 23 heavy (non-hydrogen) atoms. The number of ether oxygens (including phenoxy) is 1. The van der Waals surface area contributed by atoms with Crippen LogP contribution in [-0.2, 0) is 20.9 Å². The molecule has 1 aromatic rings. The summed E-state index contributed by atoms with van der Waals surface area (Å²) in [6.45, 7) is 3.36. The van der Waals surface area contributed by atoms with E-state index in [1.165, 1.54) is 0 Å². The molecule has 0 radical (unpaired) electrons. The summed E-state index contributed by atoms with van der Waals surface area (Å²) in [4.78, 5) is 29.0. The quantitative estimate of drug-likeness (QED) is 0.810. The van der Waals surface area contributed by atoms with Crippen LogP contribution in [-0.4, -0.2) is 64.2 Å². The van der Waals surface area contributed by atoms with Gasteiger partial charge in [0.25, 0.3) is 0 Å². The number of nitrogens with zero attached hydrogens (tertiary/aromatic N) is 4. The van der Waals surface area contributed by atoms with Gasteiger partial charge < -0.3 is 14.5 Å². The SMILES string of the molecule is O=C(CC1CC1)N1Cc2ccnn2[C@H](C(=O)N2CCOCC2)C1. The molecule has 1 aromatic heterocycles. The topological polar surface area (TPSA) is 67.7 Å². The van der Waals surface area contributed by atoms with E-state index >= 15 is 0 Å². The van der Waals surface area contributed by atoms with Gasteiger partial charge >= 0.3 is 0 Å². The maximum atomic E-state index is 12.9. The van der Waals surface area contributed by atoms with Gasteiger partial charge in [-0.05, 0) is 24.8 Å². The molecule has 2 aliphatic heterocycles. The Labute approximate surface area is 135 Å². The number of rotatable bonds is 3. The molecule has 3 heterocycles. The zero-order chi connectivity index (χ0) is 15.8. The van der Waals surface area contributed by atoms with E-state index in [1.807, 2.05) is 15.9 Å². The van der Waals surface area contributed by atoms with Crippen LogP contribution in [0.5, 0.6) is 0 Å². The summed E-state index contributed by atoms with van der Waals surface area (Å²) < 4.78 is 7.11. The van der Waals surface area contributed by atoms with Crippen molar-refractivity contribution in [1.29, 1.82) is 0 Å². The first kappa shape index (κ1) is 14.7. The minimum atomic E-state index is -0.407. The van der Waals surface area contributed by atoms with E-state index in [9.17, 15) is 9.59 Å². The molecule has 0 aromatic carbocycles. The van der Waals surface area contributed by atoms with Gasteiger partial charge in [-0.25, -0.2) is 0 Å². The Kier molecular flexibility index (Phi) is 3.80. The number of fused-ring (bicyclic) bond motifs is 1. The van der Waals surface area contributed by atoms with Gasteiger partial charge in [0.05, 0.1) is 32.0 Å². The van der Waals surface area contributed by atoms with Gasteiger partial charge in [0.2, 0.25) is 11.8 Å². The fourth-order valence-corrected chi connectivity index (χ4v) is 3.36.